The van der Waals surface area contributed by atoms with Crippen molar-refractivity contribution < 1.29 is 17.6 Å². The molecule has 0 aliphatic heterocycles. The van der Waals surface area contributed by atoms with Crippen LogP contribution in [0.1, 0.15) is 23.4 Å². The van der Waals surface area contributed by atoms with Crippen molar-refractivity contribution in [3.8, 4) is 0 Å². The van der Waals surface area contributed by atoms with Crippen molar-refractivity contribution in [2.45, 2.75) is 24.3 Å². The minimum Gasteiger partial charge on any atom is -0.349 e. The zero-order chi connectivity index (χ0) is 16.3. The van der Waals surface area contributed by atoms with Gasteiger partial charge in [0.25, 0.3) is 0 Å². The first kappa shape index (κ1) is 16.6. The highest BCUT2D eigenvalue weighted by Gasteiger charge is 2.17. The van der Waals surface area contributed by atoms with Crippen molar-refractivity contribution >= 4 is 27.1 Å². The smallest absolute Gasteiger partial charge is 0.225 e. The summed E-state index contributed by atoms with van der Waals surface area (Å²) < 4.78 is 36.6. The Morgan fingerprint density at radius 3 is 2.64 bits per heavy atom. The van der Waals surface area contributed by atoms with Gasteiger partial charge in [-0.05, 0) is 36.1 Å². The van der Waals surface area contributed by atoms with Crippen LogP contribution in [0.4, 0.5) is 4.39 Å². The van der Waals surface area contributed by atoms with Gasteiger partial charge in [-0.15, -0.1) is 11.3 Å². The lowest BCUT2D eigenvalue weighted by molar-refractivity contribution is -0.121. The van der Waals surface area contributed by atoms with E-state index < -0.39 is 21.7 Å². The topological polar surface area (TPSA) is 63.2 Å². The number of nitrogens with one attached hydrogen (secondary N) is 1. The highest BCUT2D eigenvalue weighted by Crippen LogP contribution is 2.20. The molecule has 0 fully saturated rings. The van der Waals surface area contributed by atoms with Gasteiger partial charge in [-0.1, -0.05) is 12.1 Å². The largest absolute Gasteiger partial charge is 0.349 e. The predicted octanol–water partition coefficient (Wildman–Crippen LogP) is 2.71. The number of hydrogen-bond donors (Lipinski definition) is 1. The Kier molecular flexibility index (Phi) is 4.97. The lowest BCUT2D eigenvalue weighted by Crippen LogP contribution is -2.28. The number of carbonyl (C=O) groups excluding carboxylic acids is 1. The van der Waals surface area contributed by atoms with Crippen LogP contribution in [-0.2, 0) is 21.1 Å². The van der Waals surface area contributed by atoms with Crippen molar-refractivity contribution in [3.05, 3.63) is 52.0 Å². The Bertz CT molecular complexity index is 770. The minimum atomic E-state index is -3.59. The van der Waals surface area contributed by atoms with E-state index in [-0.39, 0.29) is 17.2 Å². The van der Waals surface area contributed by atoms with Crippen LogP contribution in [0.5, 0.6) is 0 Å². The monoisotopic (exact) mass is 341 g/mol. The third-order valence-corrected chi connectivity index (χ3v) is 5.15. The summed E-state index contributed by atoms with van der Waals surface area (Å²) in [5, 5.41) is 4.67. The lowest BCUT2D eigenvalue weighted by atomic mass is 10.1. The van der Waals surface area contributed by atoms with Gasteiger partial charge in [-0.2, -0.15) is 0 Å². The Labute approximate surface area is 132 Å². The molecule has 1 heterocycles. The first-order chi connectivity index (χ1) is 10.3. The van der Waals surface area contributed by atoms with Crippen LogP contribution < -0.4 is 5.32 Å². The molecule has 0 radical (unpaired) electrons. The van der Waals surface area contributed by atoms with E-state index in [1.54, 1.807) is 6.92 Å². The molecule has 1 amide bonds. The maximum atomic E-state index is 13.9. The van der Waals surface area contributed by atoms with Crippen LogP contribution in [-0.4, -0.2) is 20.6 Å². The third kappa shape index (κ3) is 4.14. The van der Waals surface area contributed by atoms with Crippen LogP contribution in [0.3, 0.4) is 0 Å². The van der Waals surface area contributed by atoms with E-state index in [1.807, 2.05) is 17.5 Å². The summed E-state index contributed by atoms with van der Waals surface area (Å²) in [7, 11) is -3.59. The lowest BCUT2D eigenvalue weighted by Gasteiger charge is -2.15. The number of sulfone groups is 1. The number of thiophene rings is 1. The Morgan fingerprint density at radius 2 is 2.09 bits per heavy atom. The summed E-state index contributed by atoms with van der Waals surface area (Å²) in [4.78, 5) is 12.5. The van der Waals surface area contributed by atoms with Gasteiger partial charge in [-0.25, -0.2) is 12.8 Å². The van der Waals surface area contributed by atoms with E-state index in [2.05, 4.69) is 5.32 Å². The second kappa shape index (κ2) is 6.58. The van der Waals surface area contributed by atoms with E-state index in [1.165, 1.54) is 23.5 Å². The quantitative estimate of drug-likeness (QED) is 0.909. The molecule has 1 aromatic carbocycles. The first-order valence-corrected chi connectivity index (χ1v) is 9.35. The summed E-state index contributed by atoms with van der Waals surface area (Å²) >= 11 is 1.49. The molecular weight excluding hydrogens is 325 g/mol. The van der Waals surface area contributed by atoms with Gasteiger partial charge in [0.2, 0.25) is 5.91 Å². The standard InChI is InChI=1S/C15H16FNO3S2/c1-10(17-15(18)9-12-4-3-7-21-12)11-5-6-14(13(16)8-11)22(2,19)20/h3-8,10H,9H2,1-2H3,(H,17,18)/t10-/m1/s1. The number of benzene rings is 1. The first-order valence-electron chi connectivity index (χ1n) is 6.58. The van der Waals surface area contributed by atoms with Gasteiger partial charge < -0.3 is 5.32 Å². The molecular formula is C15H16FNO3S2. The average Bonchev–Trinajstić information content (AvgIpc) is 2.89. The summed E-state index contributed by atoms with van der Waals surface area (Å²) in [6.45, 7) is 1.72. The van der Waals surface area contributed by atoms with Crippen molar-refractivity contribution in [2.24, 2.45) is 0 Å². The van der Waals surface area contributed by atoms with Crippen LogP contribution >= 0.6 is 11.3 Å². The van der Waals surface area contributed by atoms with E-state index in [0.717, 1.165) is 17.2 Å². The molecule has 2 aromatic rings. The molecule has 0 bridgehead atoms. The van der Waals surface area contributed by atoms with Crippen molar-refractivity contribution in [1.29, 1.82) is 0 Å². The SMILES string of the molecule is C[C@@H](NC(=O)Cc1cccs1)c1ccc(S(C)(=O)=O)c(F)c1. The van der Waals surface area contributed by atoms with Gasteiger partial charge in [0.1, 0.15) is 10.7 Å². The Hall–Kier alpha value is -1.73. The Morgan fingerprint density at radius 1 is 1.36 bits per heavy atom. The molecule has 1 atom stereocenters. The molecule has 0 saturated carbocycles. The summed E-state index contributed by atoms with van der Waals surface area (Å²) in [5.74, 6) is -0.970. The van der Waals surface area contributed by atoms with Crippen molar-refractivity contribution in [3.63, 3.8) is 0 Å². The number of hydrogen-bond acceptors (Lipinski definition) is 4. The number of amides is 1. The van der Waals surface area contributed by atoms with Gasteiger partial charge in [-0.3, -0.25) is 4.79 Å². The van der Waals surface area contributed by atoms with Crippen LogP contribution in [0.25, 0.3) is 0 Å². The third-order valence-electron chi connectivity index (χ3n) is 3.15. The van der Waals surface area contributed by atoms with Crippen molar-refractivity contribution in [2.75, 3.05) is 6.26 Å². The maximum Gasteiger partial charge on any atom is 0.225 e. The highest BCUT2D eigenvalue weighted by atomic mass is 32.2. The zero-order valence-corrected chi connectivity index (χ0v) is 13.8. The fourth-order valence-electron chi connectivity index (χ4n) is 2.03. The summed E-state index contributed by atoms with van der Waals surface area (Å²) in [6.07, 6.45) is 1.23. The molecule has 7 heteroatoms. The van der Waals surface area contributed by atoms with Crippen LogP contribution in [0.15, 0.2) is 40.6 Å². The summed E-state index contributed by atoms with van der Waals surface area (Å²) in [6, 6.07) is 7.21. The van der Waals surface area contributed by atoms with Gasteiger partial charge in [0.15, 0.2) is 9.84 Å². The molecule has 0 unspecified atom stereocenters. The summed E-state index contributed by atoms with van der Waals surface area (Å²) in [5.41, 5.74) is 0.518. The van der Waals surface area contributed by atoms with Gasteiger partial charge >= 0.3 is 0 Å². The molecule has 1 aromatic heterocycles. The molecule has 118 valence electrons. The van der Waals surface area contributed by atoms with Crippen molar-refractivity contribution in [1.82, 2.24) is 5.32 Å². The molecule has 2 rings (SSSR count). The van der Waals surface area contributed by atoms with E-state index in [4.69, 9.17) is 0 Å². The fraction of sp³-hybridized carbons (Fsp3) is 0.267. The average molecular weight is 341 g/mol. The van der Waals surface area contributed by atoms with E-state index >= 15 is 0 Å². The Balaban J connectivity index is 2.08. The fourth-order valence-corrected chi connectivity index (χ4v) is 3.47. The molecule has 4 nitrogen and oxygen atoms in total. The van der Waals surface area contributed by atoms with Crippen LogP contribution in [0, 0.1) is 5.82 Å². The van der Waals surface area contributed by atoms with Gasteiger partial charge in [0.05, 0.1) is 12.5 Å². The second-order valence-electron chi connectivity index (χ2n) is 5.01. The minimum absolute atomic E-state index is 0.164. The highest BCUT2D eigenvalue weighted by molar-refractivity contribution is 7.90. The number of carbonyl (C=O) groups is 1. The predicted molar refractivity (Wildman–Crippen MR) is 84.1 cm³/mol. The molecule has 0 saturated heterocycles. The normalized spacial score (nSPS) is 12.9. The van der Waals surface area contributed by atoms with E-state index in [0.29, 0.717) is 5.56 Å². The second-order valence-corrected chi connectivity index (χ2v) is 8.02. The molecule has 0 aliphatic carbocycles. The number of rotatable bonds is 5. The van der Waals surface area contributed by atoms with E-state index in [9.17, 15) is 17.6 Å². The van der Waals surface area contributed by atoms with Gasteiger partial charge in [0, 0.05) is 11.1 Å². The molecule has 22 heavy (non-hydrogen) atoms. The molecule has 0 spiro atoms. The van der Waals surface area contributed by atoms with Crippen LogP contribution in [0.2, 0.25) is 0 Å². The number of halogens is 1. The molecule has 1 N–H and O–H groups in total. The molecule has 0 aliphatic rings. The zero-order valence-electron chi connectivity index (χ0n) is 12.2. The maximum absolute atomic E-state index is 13.9.